The first-order valence-corrected chi connectivity index (χ1v) is 8.04. The summed E-state index contributed by atoms with van der Waals surface area (Å²) in [4.78, 5) is 4.59. The SMILES string of the molecule is C/C=C/CCN=C(NCC)NC(C)c1cc(OC)ccc1OC.I. The molecule has 1 rings (SSSR count). The maximum absolute atomic E-state index is 5.46. The van der Waals surface area contributed by atoms with Gasteiger partial charge in [-0.1, -0.05) is 12.2 Å². The van der Waals surface area contributed by atoms with Crippen LogP contribution in [0.25, 0.3) is 0 Å². The lowest BCUT2D eigenvalue weighted by atomic mass is 10.1. The summed E-state index contributed by atoms with van der Waals surface area (Å²) in [6, 6.07) is 5.84. The molecule has 0 bridgehead atoms. The van der Waals surface area contributed by atoms with Crippen molar-refractivity contribution in [2.75, 3.05) is 27.3 Å². The molecular weight excluding hydrogens is 417 g/mol. The van der Waals surface area contributed by atoms with Gasteiger partial charge in [-0.05, 0) is 45.4 Å². The fraction of sp³-hybridized carbons (Fsp3) is 0.500. The van der Waals surface area contributed by atoms with Gasteiger partial charge < -0.3 is 20.1 Å². The Kier molecular flexibility index (Phi) is 12.1. The van der Waals surface area contributed by atoms with Crippen molar-refractivity contribution in [3.05, 3.63) is 35.9 Å². The van der Waals surface area contributed by atoms with Crippen LogP contribution in [0.5, 0.6) is 11.5 Å². The van der Waals surface area contributed by atoms with Crippen LogP contribution in [0.4, 0.5) is 0 Å². The van der Waals surface area contributed by atoms with Gasteiger partial charge in [0.05, 0.1) is 20.3 Å². The summed E-state index contributed by atoms with van der Waals surface area (Å²) in [5, 5.41) is 6.69. The van der Waals surface area contributed by atoms with E-state index in [0.717, 1.165) is 42.5 Å². The van der Waals surface area contributed by atoms with Crippen molar-refractivity contribution in [1.29, 1.82) is 0 Å². The zero-order valence-electron chi connectivity index (χ0n) is 15.3. The standard InChI is InChI=1S/C18H29N3O2.HI/c1-6-8-9-12-20-18(19-7-2)21-14(3)16-13-15(22-4)10-11-17(16)23-5;/h6,8,10-11,13-14H,7,9,12H2,1-5H3,(H2,19,20,21);1H/b8-6+;. The number of guanidine groups is 1. The van der Waals surface area contributed by atoms with E-state index in [1.54, 1.807) is 14.2 Å². The zero-order valence-corrected chi connectivity index (χ0v) is 17.6. The first kappa shape index (κ1) is 22.6. The number of halogens is 1. The van der Waals surface area contributed by atoms with Crippen LogP contribution in [0, 0.1) is 0 Å². The van der Waals surface area contributed by atoms with Crippen LogP contribution in [0.3, 0.4) is 0 Å². The molecule has 1 atom stereocenters. The molecule has 0 aliphatic rings. The smallest absolute Gasteiger partial charge is 0.191 e. The predicted octanol–water partition coefficient (Wildman–Crippen LogP) is 3.90. The van der Waals surface area contributed by atoms with E-state index in [9.17, 15) is 0 Å². The number of allylic oxidation sites excluding steroid dienone is 1. The molecule has 0 radical (unpaired) electrons. The van der Waals surface area contributed by atoms with E-state index in [4.69, 9.17) is 9.47 Å². The molecule has 5 nitrogen and oxygen atoms in total. The van der Waals surface area contributed by atoms with Gasteiger partial charge in [0, 0.05) is 18.7 Å². The highest BCUT2D eigenvalue weighted by atomic mass is 127. The molecule has 0 saturated heterocycles. The van der Waals surface area contributed by atoms with Crippen molar-refractivity contribution in [2.24, 2.45) is 4.99 Å². The van der Waals surface area contributed by atoms with Crippen molar-refractivity contribution in [1.82, 2.24) is 10.6 Å². The number of nitrogens with one attached hydrogen (secondary N) is 2. The summed E-state index contributed by atoms with van der Waals surface area (Å²) in [5.74, 6) is 2.44. The Morgan fingerprint density at radius 2 is 2.04 bits per heavy atom. The summed E-state index contributed by atoms with van der Waals surface area (Å²) in [6.07, 6.45) is 5.09. The molecule has 0 aliphatic carbocycles. The fourth-order valence-corrected chi connectivity index (χ4v) is 2.20. The van der Waals surface area contributed by atoms with E-state index in [2.05, 4.69) is 35.5 Å². The lowest BCUT2D eigenvalue weighted by Gasteiger charge is -2.20. The Bertz CT molecular complexity index is 533. The Morgan fingerprint density at radius 3 is 2.62 bits per heavy atom. The quantitative estimate of drug-likeness (QED) is 0.209. The third kappa shape index (κ3) is 7.42. The number of benzene rings is 1. The van der Waals surface area contributed by atoms with Gasteiger partial charge in [0.15, 0.2) is 5.96 Å². The maximum Gasteiger partial charge on any atom is 0.191 e. The highest BCUT2D eigenvalue weighted by Crippen LogP contribution is 2.29. The molecular formula is C18H30IN3O2. The van der Waals surface area contributed by atoms with Crippen LogP contribution in [0.1, 0.15) is 38.8 Å². The first-order chi connectivity index (χ1) is 11.2. The van der Waals surface area contributed by atoms with Gasteiger partial charge in [-0.25, -0.2) is 0 Å². The van der Waals surface area contributed by atoms with Crippen LogP contribution in [-0.4, -0.2) is 33.3 Å². The summed E-state index contributed by atoms with van der Waals surface area (Å²) in [6.45, 7) is 7.72. The first-order valence-electron chi connectivity index (χ1n) is 8.04. The lowest BCUT2D eigenvalue weighted by Crippen LogP contribution is -2.38. The Morgan fingerprint density at radius 1 is 1.29 bits per heavy atom. The van der Waals surface area contributed by atoms with Crippen LogP contribution in [0.2, 0.25) is 0 Å². The van der Waals surface area contributed by atoms with E-state index in [1.165, 1.54) is 0 Å². The minimum Gasteiger partial charge on any atom is -0.497 e. The second-order valence-electron chi connectivity index (χ2n) is 5.09. The van der Waals surface area contributed by atoms with Crippen LogP contribution >= 0.6 is 24.0 Å². The third-order valence-electron chi connectivity index (χ3n) is 3.40. The van der Waals surface area contributed by atoms with Gasteiger partial charge in [-0.15, -0.1) is 24.0 Å². The normalized spacial score (nSPS) is 12.5. The number of methoxy groups -OCH3 is 2. The maximum atomic E-state index is 5.46. The van der Waals surface area contributed by atoms with Crippen molar-refractivity contribution >= 4 is 29.9 Å². The number of ether oxygens (including phenoxy) is 2. The summed E-state index contributed by atoms with van der Waals surface area (Å²) in [7, 11) is 3.34. The number of rotatable bonds is 8. The van der Waals surface area contributed by atoms with Gasteiger partial charge in [-0.2, -0.15) is 0 Å². The number of hydrogen-bond acceptors (Lipinski definition) is 3. The number of hydrogen-bond donors (Lipinski definition) is 2. The monoisotopic (exact) mass is 447 g/mol. The second kappa shape index (κ2) is 12.9. The minimum absolute atomic E-state index is 0. The van der Waals surface area contributed by atoms with Gasteiger partial charge in [0.2, 0.25) is 0 Å². The molecule has 1 aromatic rings. The molecule has 1 unspecified atom stereocenters. The van der Waals surface area contributed by atoms with Crippen molar-refractivity contribution in [2.45, 2.75) is 33.2 Å². The molecule has 0 aromatic heterocycles. The molecule has 0 amide bonds. The lowest BCUT2D eigenvalue weighted by molar-refractivity contribution is 0.394. The topological polar surface area (TPSA) is 54.9 Å². The molecule has 2 N–H and O–H groups in total. The minimum atomic E-state index is 0. The third-order valence-corrected chi connectivity index (χ3v) is 3.40. The molecule has 0 heterocycles. The van der Waals surface area contributed by atoms with Gasteiger partial charge in [0.25, 0.3) is 0 Å². The second-order valence-corrected chi connectivity index (χ2v) is 5.09. The van der Waals surface area contributed by atoms with E-state index in [1.807, 2.05) is 31.2 Å². The Hall–Kier alpha value is -1.44. The highest BCUT2D eigenvalue weighted by Gasteiger charge is 2.14. The average Bonchev–Trinajstić information content (AvgIpc) is 2.58. The molecule has 0 saturated carbocycles. The van der Waals surface area contributed by atoms with Crippen LogP contribution in [0.15, 0.2) is 35.3 Å². The van der Waals surface area contributed by atoms with E-state index in [-0.39, 0.29) is 30.0 Å². The molecule has 0 aliphatic heterocycles. The molecule has 0 spiro atoms. The van der Waals surface area contributed by atoms with Gasteiger partial charge in [-0.3, -0.25) is 4.99 Å². The highest BCUT2D eigenvalue weighted by molar-refractivity contribution is 14.0. The van der Waals surface area contributed by atoms with E-state index < -0.39 is 0 Å². The van der Waals surface area contributed by atoms with Crippen molar-refractivity contribution < 1.29 is 9.47 Å². The zero-order chi connectivity index (χ0) is 17.1. The molecule has 24 heavy (non-hydrogen) atoms. The van der Waals surface area contributed by atoms with Crippen LogP contribution < -0.4 is 20.1 Å². The summed E-state index contributed by atoms with van der Waals surface area (Å²) >= 11 is 0. The number of aliphatic imine (C=N–C) groups is 1. The van der Waals surface area contributed by atoms with E-state index in [0.29, 0.717) is 0 Å². The molecule has 6 heteroatoms. The van der Waals surface area contributed by atoms with Gasteiger partial charge in [0.1, 0.15) is 11.5 Å². The molecule has 136 valence electrons. The summed E-state index contributed by atoms with van der Waals surface area (Å²) in [5.41, 5.74) is 1.03. The van der Waals surface area contributed by atoms with Crippen molar-refractivity contribution in [3.63, 3.8) is 0 Å². The fourth-order valence-electron chi connectivity index (χ4n) is 2.20. The molecule has 1 aromatic carbocycles. The molecule has 0 fully saturated rings. The van der Waals surface area contributed by atoms with Gasteiger partial charge >= 0.3 is 0 Å². The average molecular weight is 447 g/mol. The Balaban J connectivity index is 0.00000529. The van der Waals surface area contributed by atoms with Crippen molar-refractivity contribution in [3.8, 4) is 11.5 Å². The van der Waals surface area contributed by atoms with E-state index >= 15 is 0 Å². The largest absolute Gasteiger partial charge is 0.497 e. The Labute approximate surface area is 162 Å². The van der Waals surface area contributed by atoms with Crippen LogP contribution in [-0.2, 0) is 0 Å². The predicted molar refractivity (Wildman–Crippen MR) is 112 cm³/mol. The summed E-state index contributed by atoms with van der Waals surface area (Å²) < 4.78 is 10.8. The number of nitrogens with zero attached hydrogens (tertiary/aromatic N) is 1.